The summed E-state index contributed by atoms with van der Waals surface area (Å²) in [5.41, 5.74) is 6.30. The Balaban J connectivity index is 2.64. The lowest BCUT2D eigenvalue weighted by molar-refractivity contribution is 0.767. The maximum Gasteiger partial charge on any atom is 0.165 e. The molecule has 0 aliphatic carbocycles. The number of aromatic nitrogens is 1. The molecule has 0 saturated carbocycles. The molecule has 1 unspecified atom stereocenters. The van der Waals surface area contributed by atoms with E-state index < -0.39 is 0 Å². The topological polar surface area (TPSA) is 74.7 Å². The zero-order chi connectivity index (χ0) is 12.0. The third-order valence-electron chi connectivity index (χ3n) is 2.18. The monoisotopic (exact) mass is 236 g/mol. The highest BCUT2D eigenvalue weighted by Gasteiger charge is 2.05. The number of nitrogen functional groups attached to an aromatic ring is 1. The lowest BCUT2D eigenvalue weighted by Crippen LogP contribution is -2.17. The number of anilines is 2. The molecule has 1 rings (SSSR count). The van der Waals surface area contributed by atoms with Crippen LogP contribution in [-0.2, 0) is 0 Å². The van der Waals surface area contributed by atoms with Crippen LogP contribution in [0.15, 0.2) is 12.1 Å². The summed E-state index contributed by atoms with van der Waals surface area (Å²) in [7, 11) is 0. The van der Waals surface area contributed by atoms with Crippen molar-refractivity contribution in [2.45, 2.75) is 19.4 Å². The fraction of sp³-hybridized carbons (Fsp3) is 0.455. The van der Waals surface area contributed by atoms with Gasteiger partial charge in [0.2, 0.25) is 0 Å². The Labute approximate surface area is 100 Å². The Hall–Kier alpha value is -1.41. The molecule has 0 bridgehead atoms. The van der Waals surface area contributed by atoms with Crippen molar-refractivity contribution in [1.82, 2.24) is 4.98 Å². The molecular formula is C11H16N4S. The zero-order valence-corrected chi connectivity index (χ0v) is 10.3. The molecule has 1 aromatic heterocycles. The fourth-order valence-electron chi connectivity index (χ4n) is 1.26. The van der Waals surface area contributed by atoms with Gasteiger partial charge in [-0.15, -0.1) is 0 Å². The average Bonchev–Trinajstić information content (AvgIpc) is 2.29. The number of hydrogen-bond acceptors (Lipinski definition) is 5. The molecule has 1 atom stereocenters. The van der Waals surface area contributed by atoms with Crippen LogP contribution in [0, 0.1) is 11.3 Å². The lowest BCUT2D eigenvalue weighted by Gasteiger charge is -2.14. The van der Waals surface area contributed by atoms with Crippen molar-refractivity contribution in [2.24, 2.45) is 0 Å². The maximum atomic E-state index is 8.79. The summed E-state index contributed by atoms with van der Waals surface area (Å²) in [5, 5.41) is 12.0. The van der Waals surface area contributed by atoms with Crippen molar-refractivity contribution in [3.05, 3.63) is 17.8 Å². The molecule has 0 radical (unpaired) electrons. The van der Waals surface area contributed by atoms with Gasteiger partial charge in [-0.3, -0.25) is 0 Å². The molecule has 16 heavy (non-hydrogen) atoms. The normalized spacial score (nSPS) is 11.8. The van der Waals surface area contributed by atoms with Gasteiger partial charge in [0.1, 0.15) is 11.9 Å². The van der Waals surface area contributed by atoms with Gasteiger partial charge in [-0.05, 0) is 37.5 Å². The molecular weight excluding hydrogens is 220 g/mol. The van der Waals surface area contributed by atoms with Crippen molar-refractivity contribution in [3.8, 4) is 6.07 Å². The molecule has 0 fully saturated rings. The van der Waals surface area contributed by atoms with Crippen molar-refractivity contribution in [2.75, 3.05) is 23.1 Å². The highest BCUT2D eigenvalue weighted by molar-refractivity contribution is 7.98. The van der Waals surface area contributed by atoms with Gasteiger partial charge in [0.25, 0.3) is 0 Å². The Bertz CT molecular complexity index is 386. The van der Waals surface area contributed by atoms with E-state index in [4.69, 9.17) is 11.0 Å². The van der Waals surface area contributed by atoms with Gasteiger partial charge in [0, 0.05) is 6.04 Å². The molecule has 0 saturated heterocycles. The number of nitrogens with zero attached hydrogens (tertiary/aromatic N) is 2. The van der Waals surface area contributed by atoms with Crippen LogP contribution in [-0.4, -0.2) is 23.0 Å². The first-order chi connectivity index (χ1) is 7.67. The highest BCUT2D eigenvalue weighted by Crippen LogP contribution is 2.14. The molecule has 0 spiro atoms. The van der Waals surface area contributed by atoms with E-state index in [2.05, 4.69) is 23.5 Å². The van der Waals surface area contributed by atoms with Crippen LogP contribution >= 0.6 is 11.8 Å². The smallest absolute Gasteiger partial charge is 0.165 e. The number of thioether (sulfide) groups is 1. The van der Waals surface area contributed by atoms with Gasteiger partial charge in [0.15, 0.2) is 5.69 Å². The number of hydrogen-bond donors (Lipinski definition) is 2. The third kappa shape index (κ3) is 3.63. The Morgan fingerprint density at radius 2 is 2.38 bits per heavy atom. The third-order valence-corrected chi connectivity index (χ3v) is 2.83. The van der Waals surface area contributed by atoms with Crippen LogP contribution in [0.5, 0.6) is 0 Å². The number of nitrogens with two attached hydrogens (primary N) is 1. The molecule has 4 nitrogen and oxygen atoms in total. The second-order valence-corrected chi connectivity index (χ2v) is 4.56. The van der Waals surface area contributed by atoms with Crippen LogP contribution in [0.1, 0.15) is 19.0 Å². The van der Waals surface area contributed by atoms with Gasteiger partial charge in [-0.1, -0.05) is 0 Å². The number of nitriles is 1. The Morgan fingerprint density at radius 1 is 1.62 bits per heavy atom. The first-order valence-electron chi connectivity index (χ1n) is 5.09. The Kier molecular flexibility index (Phi) is 4.93. The molecule has 0 aliphatic heterocycles. The summed E-state index contributed by atoms with van der Waals surface area (Å²) in [6.07, 6.45) is 3.15. The minimum Gasteiger partial charge on any atom is -0.396 e. The van der Waals surface area contributed by atoms with Gasteiger partial charge < -0.3 is 11.1 Å². The van der Waals surface area contributed by atoms with E-state index in [0.29, 0.717) is 17.5 Å². The van der Waals surface area contributed by atoms with E-state index in [-0.39, 0.29) is 5.69 Å². The predicted octanol–water partition coefficient (Wildman–Crippen LogP) is 2.09. The highest BCUT2D eigenvalue weighted by atomic mass is 32.2. The summed E-state index contributed by atoms with van der Waals surface area (Å²) < 4.78 is 0. The maximum absolute atomic E-state index is 8.79. The molecule has 5 heteroatoms. The van der Waals surface area contributed by atoms with Crippen molar-refractivity contribution < 1.29 is 0 Å². The van der Waals surface area contributed by atoms with E-state index >= 15 is 0 Å². The van der Waals surface area contributed by atoms with Crippen molar-refractivity contribution >= 4 is 23.3 Å². The first kappa shape index (κ1) is 12.7. The summed E-state index contributed by atoms with van der Waals surface area (Å²) >= 11 is 1.82. The van der Waals surface area contributed by atoms with E-state index in [1.807, 2.05) is 17.8 Å². The van der Waals surface area contributed by atoms with Crippen LogP contribution in [0.3, 0.4) is 0 Å². The summed E-state index contributed by atoms with van der Waals surface area (Å²) in [6, 6.07) is 5.82. The summed E-state index contributed by atoms with van der Waals surface area (Å²) in [4.78, 5) is 4.13. The van der Waals surface area contributed by atoms with Gasteiger partial charge >= 0.3 is 0 Å². The van der Waals surface area contributed by atoms with Crippen LogP contribution < -0.4 is 11.1 Å². The second kappa shape index (κ2) is 6.23. The van der Waals surface area contributed by atoms with E-state index in [1.54, 1.807) is 12.1 Å². The van der Waals surface area contributed by atoms with Crippen molar-refractivity contribution in [3.63, 3.8) is 0 Å². The number of pyridine rings is 1. The minimum atomic E-state index is 0.280. The molecule has 0 aromatic carbocycles. The van der Waals surface area contributed by atoms with E-state index in [9.17, 15) is 0 Å². The van der Waals surface area contributed by atoms with Gasteiger partial charge in [-0.2, -0.15) is 17.0 Å². The fourth-order valence-corrected chi connectivity index (χ4v) is 1.85. The number of rotatable bonds is 5. The van der Waals surface area contributed by atoms with Crippen LogP contribution in [0.2, 0.25) is 0 Å². The van der Waals surface area contributed by atoms with Crippen LogP contribution in [0.4, 0.5) is 11.5 Å². The summed E-state index contributed by atoms with van der Waals surface area (Å²) in [6.45, 7) is 2.10. The first-order valence-corrected chi connectivity index (χ1v) is 6.49. The SMILES string of the molecule is CSCCC(C)Nc1ccc(N)c(C#N)n1. The quantitative estimate of drug-likeness (QED) is 0.818. The van der Waals surface area contributed by atoms with E-state index in [0.717, 1.165) is 12.2 Å². The lowest BCUT2D eigenvalue weighted by atomic mass is 10.2. The number of nitrogens with one attached hydrogen (secondary N) is 1. The largest absolute Gasteiger partial charge is 0.396 e. The molecule has 0 amide bonds. The molecule has 3 N–H and O–H groups in total. The van der Waals surface area contributed by atoms with E-state index in [1.165, 1.54) is 0 Å². The van der Waals surface area contributed by atoms with Gasteiger partial charge in [0.05, 0.1) is 5.69 Å². The second-order valence-electron chi connectivity index (χ2n) is 3.57. The molecule has 1 heterocycles. The van der Waals surface area contributed by atoms with Crippen molar-refractivity contribution in [1.29, 1.82) is 5.26 Å². The molecule has 1 aromatic rings. The molecule has 0 aliphatic rings. The Morgan fingerprint density at radius 3 is 3.00 bits per heavy atom. The summed E-state index contributed by atoms with van der Waals surface area (Å²) in [5.74, 6) is 1.81. The van der Waals surface area contributed by atoms with Gasteiger partial charge in [-0.25, -0.2) is 4.98 Å². The standard InChI is InChI=1S/C11H16N4S/c1-8(5-6-16-2)14-11-4-3-9(13)10(7-12)15-11/h3-4,8H,5-6,13H2,1-2H3,(H,14,15). The van der Waals surface area contributed by atoms with Crippen LogP contribution in [0.25, 0.3) is 0 Å². The predicted molar refractivity (Wildman–Crippen MR) is 69.4 cm³/mol. The zero-order valence-electron chi connectivity index (χ0n) is 9.53. The minimum absolute atomic E-state index is 0.280. The molecule has 86 valence electrons. The average molecular weight is 236 g/mol.